The number of rotatable bonds is 8. The molecule has 1 amide bonds. The highest BCUT2D eigenvalue weighted by molar-refractivity contribution is 7.99. The molecule has 2 rings (SSSR count). The molecule has 1 N–H and O–H groups in total. The molecule has 0 aliphatic carbocycles. The van der Waals surface area contributed by atoms with E-state index >= 15 is 0 Å². The van der Waals surface area contributed by atoms with Crippen LogP contribution in [0.25, 0.3) is 0 Å². The molecule has 5 heteroatoms. The van der Waals surface area contributed by atoms with Gasteiger partial charge in [-0.3, -0.25) is 4.79 Å². The van der Waals surface area contributed by atoms with Gasteiger partial charge in [0, 0.05) is 22.1 Å². The van der Waals surface area contributed by atoms with Gasteiger partial charge in [-0.2, -0.15) is 0 Å². The van der Waals surface area contributed by atoms with Crippen LogP contribution in [0.2, 0.25) is 5.02 Å². The van der Waals surface area contributed by atoms with Crippen molar-refractivity contribution in [2.45, 2.75) is 18.2 Å². The summed E-state index contributed by atoms with van der Waals surface area (Å²) in [6.07, 6.45) is 0.484. The summed E-state index contributed by atoms with van der Waals surface area (Å²) < 4.78 is 5.56. The van der Waals surface area contributed by atoms with E-state index < -0.39 is 0 Å². The second-order valence-corrected chi connectivity index (χ2v) is 6.67. The Labute approximate surface area is 146 Å². The van der Waals surface area contributed by atoms with E-state index in [-0.39, 0.29) is 5.91 Å². The molecule has 0 aliphatic rings. The molecule has 0 aliphatic heterocycles. The second-order valence-electron chi connectivity index (χ2n) is 5.06. The van der Waals surface area contributed by atoms with Gasteiger partial charge in [-0.15, -0.1) is 11.8 Å². The number of halogens is 1. The van der Waals surface area contributed by atoms with Crippen LogP contribution in [0.3, 0.4) is 0 Å². The van der Waals surface area contributed by atoms with Crippen LogP contribution in [0.15, 0.2) is 53.4 Å². The highest BCUT2D eigenvalue weighted by Gasteiger charge is 2.02. The van der Waals surface area contributed by atoms with Gasteiger partial charge < -0.3 is 10.1 Å². The Bertz CT molecular complexity index is 614. The van der Waals surface area contributed by atoms with Gasteiger partial charge in [-0.25, -0.2) is 0 Å². The van der Waals surface area contributed by atoms with Crippen molar-refractivity contribution >= 4 is 29.3 Å². The van der Waals surface area contributed by atoms with Crippen molar-refractivity contribution in [2.75, 3.05) is 18.9 Å². The molecule has 23 heavy (non-hydrogen) atoms. The maximum absolute atomic E-state index is 11.7. The Morgan fingerprint density at radius 1 is 1.13 bits per heavy atom. The quantitative estimate of drug-likeness (QED) is 0.569. The van der Waals surface area contributed by atoms with Gasteiger partial charge in [0.15, 0.2) is 0 Å². The molecule has 0 bridgehead atoms. The molecular formula is C18H20ClNO2S. The van der Waals surface area contributed by atoms with E-state index in [1.807, 2.05) is 55.5 Å². The molecule has 0 fully saturated rings. The van der Waals surface area contributed by atoms with Crippen LogP contribution in [0.4, 0.5) is 0 Å². The van der Waals surface area contributed by atoms with E-state index in [1.165, 1.54) is 5.56 Å². The minimum absolute atomic E-state index is 0.0407. The lowest BCUT2D eigenvalue weighted by molar-refractivity contribution is -0.120. The van der Waals surface area contributed by atoms with Gasteiger partial charge in [-0.1, -0.05) is 29.3 Å². The number of benzene rings is 2. The number of nitrogens with one attached hydrogen (secondary N) is 1. The average Bonchev–Trinajstić information content (AvgIpc) is 2.55. The average molecular weight is 350 g/mol. The number of ether oxygens (including phenoxy) is 1. The number of amides is 1. The summed E-state index contributed by atoms with van der Waals surface area (Å²) in [7, 11) is 0. The fourth-order valence-corrected chi connectivity index (χ4v) is 2.85. The van der Waals surface area contributed by atoms with Crippen LogP contribution >= 0.6 is 23.4 Å². The number of carbonyl (C=O) groups excluding carboxylic acids is 1. The third-order valence-corrected chi connectivity index (χ3v) is 4.39. The molecule has 3 nitrogen and oxygen atoms in total. The lowest BCUT2D eigenvalue weighted by Crippen LogP contribution is -2.28. The lowest BCUT2D eigenvalue weighted by atomic mass is 10.2. The summed E-state index contributed by atoms with van der Waals surface area (Å²) in [5.74, 6) is 1.61. The largest absolute Gasteiger partial charge is 0.492 e. The van der Waals surface area contributed by atoms with Crippen LogP contribution in [0, 0.1) is 6.92 Å². The predicted molar refractivity (Wildman–Crippen MR) is 96.5 cm³/mol. The SMILES string of the molecule is Cc1ccc(OCCNC(=O)CCSc2ccc(Cl)cc2)cc1. The molecule has 2 aromatic carbocycles. The molecule has 122 valence electrons. The first-order valence-electron chi connectivity index (χ1n) is 7.48. The summed E-state index contributed by atoms with van der Waals surface area (Å²) >= 11 is 7.48. The summed E-state index contributed by atoms with van der Waals surface area (Å²) in [6, 6.07) is 15.5. The maximum atomic E-state index is 11.7. The number of hydrogen-bond donors (Lipinski definition) is 1. The van der Waals surface area contributed by atoms with E-state index in [2.05, 4.69) is 5.32 Å². The molecule has 0 saturated carbocycles. The molecule has 0 radical (unpaired) electrons. The van der Waals surface area contributed by atoms with Gasteiger partial charge in [0.2, 0.25) is 5.91 Å². The van der Waals surface area contributed by atoms with E-state index in [9.17, 15) is 4.79 Å². The van der Waals surface area contributed by atoms with Crippen molar-refractivity contribution in [3.63, 3.8) is 0 Å². The van der Waals surface area contributed by atoms with Crippen LogP contribution in [0.5, 0.6) is 5.75 Å². The highest BCUT2D eigenvalue weighted by atomic mass is 35.5. The standard InChI is InChI=1S/C18H20ClNO2S/c1-14-2-6-16(7-3-14)22-12-11-20-18(21)10-13-23-17-8-4-15(19)5-9-17/h2-9H,10-13H2,1H3,(H,20,21). The molecule has 0 heterocycles. The van der Waals surface area contributed by atoms with Gasteiger partial charge in [0.05, 0.1) is 6.54 Å². The van der Waals surface area contributed by atoms with Gasteiger partial charge in [0.1, 0.15) is 12.4 Å². The lowest BCUT2D eigenvalue weighted by Gasteiger charge is -2.08. The van der Waals surface area contributed by atoms with Crippen molar-refractivity contribution in [3.8, 4) is 5.75 Å². The molecular weight excluding hydrogens is 330 g/mol. The predicted octanol–water partition coefficient (Wildman–Crippen LogP) is 4.33. The van der Waals surface area contributed by atoms with E-state index in [0.717, 1.165) is 21.4 Å². The number of carbonyl (C=O) groups is 1. The van der Waals surface area contributed by atoms with E-state index in [1.54, 1.807) is 11.8 Å². The first-order valence-corrected chi connectivity index (χ1v) is 8.84. The fourth-order valence-electron chi connectivity index (χ4n) is 1.87. The molecule has 0 aromatic heterocycles. The first kappa shape index (κ1) is 17.7. The summed E-state index contributed by atoms with van der Waals surface area (Å²) in [5, 5.41) is 3.58. The van der Waals surface area contributed by atoms with Gasteiger partial charge in [0.25, 0.3) is 0 Å². The van der Waals surface area contributed by atoms with Crippen molar-refractivity contribution < 1.29 is 9.53 Å². The molecule has 0 unspecified atom stereocenters. The van der Waals surface area contributed by atoms with Gasteiger partial charge >= 0.3 is 0 Å². The minimum Gasteiger partial charge on any atom is -0.492 e. The third kappa shape index (κ3) is 6.97. The van der Waals surface area contributed by atoms with Crippen LogP contribution in [-0.4, -0.2) is 24.8 Å². The highest BCUT2D eigenvalue weighted by Crippen LogP contribution is 2.20. The minimum atomic E-state index is 0.0407. The zero-order valence-corrected chi connectivity index (χ0v) is 14.6. The fraction of sp³-hybridized carbons (Fsp3) is 0.278. The Hall–Kier alpha value is -1.65. The smallest absolute Gasteiger partial charge is 0.220 e. The zero-order valence-electron chi connectivity index (χ0n) is 13.0. The monoisotopic (exact) mass is 349 g/mol. The van der Waals surface area contributed by atoms with Gasteiger partial charge in [-0.05, 0) is 43.3 Å². The Balaban J connectivity index is 1.56. The molecule has 0 spiro atoms. The third-order valence-electron chi connectivity index (χ3n) is 3.13. The van der Waals surface area contributed by atoms with Crippen molar-refractivity contribution in [3.05, 3.63) is 59.1 Å². The summed E-state index contributed by atoms with van der Waals surface area (Å²) in [5.41, 5.74) is 1.20. The molecule has 2 aromatic rings. The Kier molecular flexibility index (Phi) is 7.30. The summed E-state index contributed by atoms with van der Waals surface area (Å²) in [4.78, 5) is 12.9. The first-order chi connectivity index (χ1) is 11.1. The zero-order chi connectivity index (χ0) is 16.5. The van der Waals surface area contributed by atoms with Crippen LogP contribution in [0.1, 0.15) is 12.0 Å². The van der Waals surface area contributed by atoms with E-state index in [4.69, 9.17) is 16.3 Å². The van der Waals surface area contributed by atoms with Crippen LogP contribution < -0.4 is 10.1 Å². The molecule has 0 saturated heterocycles. The summed E-state index contributed by atoms with van der Waals surface area (Å²) in [6.45, 7) is 3.02. The van der Waals surface area contributed by atoms with Crippen molar-refractivity contribution in [1.82, 2.24) is 5.32 Å². The van der Waals surface area contributed by atoms with Crippen molar-refractivity contribution in [1.29, 1.82) is 0 Å². The topological polar surface area (TPSA) is 38.3 Å². The Morgan fingerprint density at radius 3 is 2.52 bits per heavy atom. The second kappa shape index (κ2) is 9.48. The Morgan fingerprint density at radius 2 is 1.83 bits per heavy atom. The maximum Gasteiger partial charge on any atom is 0.220 e. The molecule has 0 atom stereocenters. The number of hydrogen-bond acceptors (Lipinski definition) is 3. The van der Waals surface area contributed by atoms with E-state index in [0.29, 0.717) is 19.6 Å². The number of aryl methyl sites for hydroxylation is 1. The normalized spacial score (nSPS) is 10.3. The van der Waals surface area contributed by atoms with Crippen molar-refractivity contribution in [2.24, 2.45) is 0 Å². The van der Waals surface area contributed by atoms with Crippen LogP contribution in [-0.2, 0) is 4.79 Å². The number of thioether (sulfide) groups is 1.